The van der Waals surface area contributed by atoms with Crippen LogP contribution in [0.25, 0.3) is 5.57 Å². The summed E-state index contributed by atoms with van der Waals surface area (Å²) in [5.41, 5.74) is 2.95. The zero-order chi connectivity index (χ0) is 22.6. The summed E-state index contributed by atoms with van der Waals surface area (Å²) in [5, 5.41) is 11.8. The fourth-order valence-electron chi connectivity index (χ4n) is 2.68. The van der Waals surface area contributed by atoms with Gasteiger partial charge >= 0.3 is 5.97 Å². The largest absolute Gasteiger partial charge is 0.497 e. The van der Waals surface area contributed by atoms with Crippen LogP contribution in [0.1, 0.15) is 18.1 Å². The van der Waals surface area contributed by atoms with Gasteiger partial charge in [0.05, 0.1) is 14.2 Å². The molecule has 2 aromatic carbocycles. The molecule has 31 heavy (non-hydrogen) atoms. The summed E-state index contributed by atoms with van der Waals surface area (Å²) >= 11 is 0. The monoisotopic (exact) mass is 424 g/mol. The fourth-order valence-corrected chi connectivity index (χ4v) is 2.68. The van der Waals surface area contributed by atoms with Gasteiger partial charge in [-0.1, -0.05) is 24.3 Å². The van der Waals surface area contributed by atoms with Crippen LogP contribution < -0.4 is 14.8 Å². The molecule has 0 aliphatic carbocycles. The van der Waals surface area contributed by atoms with Crippen molar-refractivity contribution < 1.29 is 24.1 Å². The number of aliphatic carboxylic acids is 1. The zero-order valence-electron chi connectivity index (χ0n) is 18.1. The maximum Gasteiger partial charge on any atom is 0.341 e. The van der Waals surface area contributed by atoms with Gasteiger partial charge in [0.15, 0.2) is 12.5 Å². The van der Waals surface area contributed by atoms with Crippen LogP contribution in [-0.4, -0.2) is 44.3 Å². The third-order valence-electron chi connectivity index (χ3n) is 4.36. The number of hydrogen-bond donors (Lipinski definition) is 2. The number of hydrogen-bond acceptors (Lipinski definition) is 5. The smallest absolute Gasteiger partial charge is 0.341 e. The highest BCUT2D eigenvalue weighted by Crippen LogP contribution is 2.20. The standard InChI is InChI=1S/C24H28N2O5/c1-17(20-6-5-7-22(15-20)31-16-24(27)28)14-23(26-18(2)29-3)25-13-12-19-8-10-21(30-4)11-9-19/h5-11,14-15H,2,12-13,16H2,1,3-4H3,(H,25,26)(H,27,28)/b17-14+. The molecule has 0 saturated heterocycles. The van der Waals surface area contributed by atoms with Gasteiger partial charge in [-0.05, 0) is 67.0 Å². The third kappa shape index (κ3) is 8.26. The summed E-state index contributed by atoms with van der Waals surface area (Å²) < 4.78 is 15.6. The van der Waals surface area contributed by atoms with Crippen LogP contribution in [0.3, 0.4) is 0 Å². The Morgan fingerprint density at radius 3 is 2.55 bits per heavy atom. The number of aliphatic imine (C=N–C) groups is 1. The molecule has 0 aliphatic heterocycles. The summed E-state index contributed by atoms with van der Waals surface area (Å²) in [6.45, 7) is 5.91. The molecule has 0 unspecified atom stereocenters. The van der Waals surface area contributed by atoms with Crippen molar-refractivity contribution in [2.45, 2.75) is 13.3 Å². The van der Waals surface area contributed by atoms with Gasteiger partial charge in [0.1, 0.15) is 17.3 Å². The van der Waals surface area contributed by atoms with E-state index in [4.69, 9.17) is 19.3 Å². The molecule has 0 atom stereocenters. The summed E-state index contributed by atoms with van der Waals surface area (Å²) in [6.07, 6.45) is 2.65. The highest BCUT2D eigenvalue weighted by molar-refractivity contribution is 5.99. The Morgan fingerprint density at radius 1 is 1.16 bits per heavy atom. The van der Waals surface area contributed by atoms with Gasteiger partial charge in [0, 0.05) is 6.54 Å². The molecular weight excluding hydrogens is 396 g/mol. The lowest BCUT2D eigenvalue weighted by Gasteiger charge is -2.11. The number of nitrogens with zero attached hydrogens (tertiary/aromatic N) is 1. The Balaban J connectivity index is 2.14. The van der Waals surface area contributed by atoms with E-state index in [9.17, 15) is 4.79 Å². The molecule has 0 bridgehead atoms. The van der Waals surface area contributed by atoms with Gasteiger partial charge in [0.25, 0.3) is 0 Å². The Hall–Kier alpha value is -3.74. The highest BCUT2D eigenvalue weighted by Gasteiger charge is 2.05. The van der Waals surface area contributed by atoms with Crippen molar-refractivity contribution in [2.24, 2.45) is 4.99 Å². The second-order valence-corrected chi connectivity index (χ2v) is 6.65. The maximum atomic E-state index is 10.7. The van der Waals surface area contributed by atoms with Crippen molar-refractivity contribution >= 4 is 17.4 Å². The van der Waals surface area contributed by atoms with Gasteiger partial charge in [-0.15, -0.1) is 0 Å². The van der Waals surface area contributed by atoms with E-state index in [0.29, 0.717) is 24.0 Å². The summed E-state index contributed by atoms with van der Waals surface area (Å²) in [5.74, 6) is 1.27. The van der Waals surface area contributed by atoms with Gasteiger partial charge in [0.2, 0.25) is 0 Å². The molecule has 2 aromatic rings. The minimum Gasteiger partial charge on any atom is -0.497 e. The average molecular weight is 424 g/mol. The van der Waals surface area contributed by atoms with Crippen LogP contribution in [0, 0.1) is 0 Å². The molecule has 2 N–H and O–H groups in total. The van der Waals surface area contributed by atoms with Crippen molar-refractivity contribution in [3.05, 3.63) is 78.2 Å². The average Bonchev–Trinajstić information content (AvgIpc) is 2.78. The number of methoxy groups -OCH3 is 2. The molecule has 2 rings (SSSR count). The zero-order valence-corrected chi connectivity index (χ0v) is 18.1. The summed E-state index contributed by atoms with van der Waals surface area (Å²) in [4.78, 5) is 15.4. The van der Waals surface area contributed by atoms with Crippen LogP contribution in [0.15, 0.2) is 72.1 Å². The van der Waals surface area contributed by atoms with Crippen molar-refractivity contribution in [1.29, 1.82) is 0 Å². The first kappa shape index (κ1) is 23.5. The topological polar surface area (TPSA) is 89.4 Å². The maximum absolute atomic E-state index is 10.7. The lowest BCUT2D eigenvalue weighted by atomic mass is 10.1. The minimum atomic E-state index is -1.02. The number of benzene rings is 2. The number of allylic oxidation sites excluding steroid dienone is 1. The van der Waals surface area contributed by atoms with E-state index >= 15 is 0 Å². The molecule has 0 spiro atoms. The Labute approximate surface area is 182 Å². The minimum absolute atomic E-state index is 0.380. The second-order valence-electron chi connectivity index (χ2n) is 6.65. The van der Waals surface area contributed by atoms with Gasteiger partial charge in [-0.3, -0.25) is 4.99 Å². The lowest BCUT2D eigenvalue weighted by molar-refractivity contribution is -0.139. The molecule has 0 aliphatic rings. The van der Waals surface area contributed by atoms with Crippen LogP contribution >= 0.6 is 0 Å². The predicted molar refractivity (Wildman–Crippen MR) is 122 cm³/mol. The first-order valence-corrected chi connectivity index (χ1v) is 9.72. The number of nitrogens with one attached hydrogen (secondary N) is 1. The summed E-state index contributed by atoms with van der Waals surface area (Å²) in [6, 6.07) is 15.1. The molecule has 0 saturated carbocycles. The van der Waals surface area contributed by atoms with Crippen LogP contribution in [0.5, 0.6) is 11.5 Å². The highest BCUT2D eigenvalue weighted by atomic mass is 16.5. The number of carboxylic acids is 1. The molecule has 0 fully saturated rings. The predicted octanol–water partition coefficient (Wildman–Crippen LogP) is 3.91. The molecule has 0 amide bonds. The van der Waals surface area contributed by atoms with E-state index < -0.39 is 5.97 Å². The molecule has 7 heteroatoms. The van der Waals surface area contributed by atoms with Crippen LogP contribution in [0.2, 0.25) is 0 Å². The molecule has 0 heterocycles. The molecule has 0 aromatic heterocycles. The SMILES string of the molecule is C=C(NC(/C=C(\C)c1cccc(OCC(=O)O)c1)=NCCc1ccc(OC)cc1)OC. The quantitative estimate of drug-likeness (QED) is 0.323. The molecule has 7 nitrogen and oxygen atoms in total. The van der Waals surface area contributed by atoms with Crippen LogP contribution in [0.4, 0.5) is 0 Å². The second kappa shape index (κ2) is 12.1. The first-order chi connectivity index (χ1) is 14.9. The normalized spacial score (nSPS) is 11.6. The number of rotatable bonds is 11. The Bertz CT molecular complexity index is 949. The Kier molecular flexibility index (Phi) is 9.16. The number of amidine groups is 1. The van der Waals surface area contributed by atoms with E-state index in [1.165, 1.54) is 7.11 Å². The number of ether oxygens (including phenoxy) is 3. The van der Waals surface area contributed by atoms with Gasteiger partial charge in [-0.25, -0.2) is 4.79 Å². The number of carbonyl (C=O) groups is 1. The number of carboxylic acid groups (broad SMARTS) is 1. The van der Waals surface area contributed by atoms with E-state index in [1.54, 1.807) is 19.2 Å². The summed E-state index contributed by atoms with van der Waals surface area (Å²) in [7, 11) is 3.17. The first-order valence-electron chi connectivity index (χ1n) is 9.72. The van der Waals surface area contributed by atoms with Gasteiger partial charge in [-0.2, -0.15) is 0 Å². The van der Waals surface area contributed by atoms with Crippen molar-refractivity contribution in [3.63, 3.8) is 0 Å². The molecule has 0 radical (unpaired) electrons. The molecule has 164 valence electrons. The van der Waals surface area contributed by atoms with Crippen molar-refractivity contribution in [1.82, 2.24) is 5.32 Å². The van der Waals surface area contributed by atoms with Gasteiger partial charge < -0.3 is 24.6 Å². The lowest BCUT2D eigenvalue weighted by Crippen LogP contribution is -2.22. The van der Waals surface area contributed by atoms with E-state index in [2.05, 4.69) is 16.9 Å². The van der Waals surface area contributed by atoms with E-state index in [-0.39, 0.29) is 6.61 Å². The van der Waals surface area contributed by atoms with E-state index in [1.807, 2.05) is 49.4 Å². The third-order valence-corrected chi connectivity index (χ3v) is 4.36. The van der Waals surface area contributed by atoms with Crippen molar-refractivity contribution in [2.75, 3.05) is 27.4 Å². The Morgan fingerprint density at radius 2 is 1.90 bits per heavy atom. The fraction of sp³-hybridized carbons (Fsp3) is 0.250. The molecular formula is C24H28N2O5. The van der Waals surface area contributed by atoms with Crippen molar-refractivity contribution in [3.8, 4) is 11.5 Å². The van der Waals surface area contributed by atoms with Crippen LogP contribution in [-0.2, 0) is 16.0 Å². The van der Waals surface area contributed by atoms with E-state index in [0.717, 1.165) is 28.9 Å².